The molecule has 0 bridgehead atoms. The van der Waals surface area contributed by atoms with Gasteiger partial charge in [0.05, 0.1) is 5.56 Å². The van der Waals surface area contributed by atoms with Crippen molar-refractivity contribution >= 4 is 40.3 Å². The molecule has 136 valence electrons. The molecule has 8 N–H and O–H groups in total. The number of carboxylic acid groups (broad SMARTS) is 1. The number of thiophene rings is 1. The van der Waals surface area contributed by atoms with Crippen molar-refractivity contribution in [2.45, 2.75) is 12.5 Å². The monoisotopic (exact) mass is 374 g/mol. The Hall–Kier alpha value is -3.17. The molecule has 1 aromatic carbocycles. The van der Waals surface area contributed by atoms with Crippen molar-refractivity contribution in [1.29, 1.82) is 0 Å². The first-order chi connectivity index (χ1) is 12.3. The molecule has 0 spiro atoms. The first-order valence-electron chi connectivity index (χ1n) is 7.53. The molecule has 0 saturated carbocycles. The zero-order chi connectivity index (χ0) is 19.3. The van der Waals surface area contributed by atoms with Crippen molar-refractivity contribution < 1.29 is 19.5 Å². The molecule has 0 aliphatic carbocycles. The Kier molecular flexibility index (Phi) is 6.10. The highest BCUT2D eigenvalue weighted by atomic mass is 32.1. The molecule has 2 aromatic rings. The van der Waals surface area contributed by atoms with Gasteiger partial charge in [0.25, 0.3) is 5.91 Å². The van der Waals surface area contributed by atoms with Crippen LogP contribution in [0.15, 0.2) is 36.4 Å². The van der Waals surface area contributed by atoms with Crippen LogP contribution in [0, 0.1) is 0 Å². The number of carbonyl (C=O) groups is 3. The van der Waals surface area contributed by atoms with E-state index in [1.54, 1.807) is 18.2 Å². The number of anilines is 1. The van der Waals surface area contributed by atoms with E-state index in [4.69, 9.17) is 22.3 Å². The zero-order valence-electron chi connectivity index (χ0n) is 13.6. The van der Waals surface area contributed by atoms with E-state index in [1.165, 1.54) is 11.3 Å². The van der Waals surface area contributed by atoms with E-state index in [0.717, 1.165) is 16.0 Å². The standard InChI is InChI=1S/C17H18N4O4S/c18-12(16(23)24)6-2-4-9-3-1-5-10(7-9)13-8-11(14(19)22)15(26-13)21-17(20)25/h1-5,7-8,12H,6,18H2,(H2,19,22)(H,23,24)(H3,20,21,25)/b4-2+. The van der Waals surface area contributed by atoms with Gasteiger partial charge in [0.1, 0.15) is 11.0 Å². The smallest absolute Gasteiger partial charge is 0.320 e. The first-order valence-corrected chi connectivity index (χ1v) is 8.35. The second-order valence-electron chi connectivity index (χ2n) is 5.42. The summed E-state index contributed by atoms with van der Waals surface area (Å²) in [5, 5.41) is 11.4. The highest BCUT2D eigenvalue weighted by Gasteiger charge is 2.16. The van der Waals surface area contributed by atoms with Gasteiger partial charge in [-0.25, -0.2) is 4.79 Å². The van der Waals surface area contributed by atoms with Crippen LogP contribution >= 0.6 is 11.3 Å². The summed E-state index contributed by atoms with van der Waals surface area (Å²) in [6, 6.07) is 7.20. The number of nitrogens with two attached hydrogens (primary N) is 3. The average molecular weight is 374 g/mol. The number of nitrogens with one attached hydrogen (secondary N) is 1. The molecule has 9 heteroatoms. The number of hydrogen-bond acceptors (Lipinski definition) is 5. The maximum absolute atomic E-state index is 11.5. The lowest BCUT2D eigenvalue weighted by molar-refractivity contribution is -0.138. The summed E-state index contributed by atoms with van der Waals surface area (Å²) in [4.78, 5) is 34.0. The van der Waals surface area contributed by atoms with Crippen molar-refractivity contribution in [1.82, 2.24) is 0 Å². The molecular weight excluding hydrogens is 356 g/mol. The van der Waals surface area contributed by atoms with Crippen LogP contribution in [0.3, 0.4) is 0 Å². The van der Waals surface area contributed by atoms with Gasteiger partial charge in [0.2, 0.25) is 0 Å². The zero-order valence-corrected chi connectivity index (χ0v) is 14.5. The van der Waals surface area contributed by atoms with Crippen molar-refractivity contribution in [3.05, 3.63) is 47.5 Å². The summed E-state index contributed by atoms with van der Waals surface area (Å²) in [6.07, 6.45) is 3.65. The number of urea groups is 1. The number of carbonyl (C=O) groups excluding carboxylic acids is 2. The molecule has 2 rings (SSSR count). The number of benzene rings is 1. The van der Waals surface area contributed by atoms with Crippen molar-refractivity contribution in [2.75, 3.05) is 5.32 Å². The van der Waals surface area contributed by atoms with Gasteiger partial charge in [0.15, 0.2) is 0 Å². The number of carboxylic acids is 1. The lowest BCUT2D eigenvalue weighted by Gasteiger charge is -2.02. The molecule has 0 aliphatic heterocycles. The third-order valence-corrected chi connectivity index (χ3v) is 4.52. The van der Waals surface area contributed by atoms with Crippen LogP contribution in [0.2, 0.25) is 0 Å². The van der Waals surface area contributed by atoms with Gasteiger partial charge in [-0.15, -0.1) is 11.3 Å². The molecule has 1 unspecified atom stereocenters. The maximum Gasteiger partial charge on any atom is 0.320 e. The Morgan fingerprint density at radius 1 is 1.23 bits per heavy atom. The SMILES string of the molecule is NC(=O)Nc1sc(-c2cccc(/C=C/CC(N)C(=O)O)c2)cc1C(N)=O. The summed E-state index contributed by atoms with van der Waals surface area (Å²) in [7, 11) is 0. The second kappa shape index (κ2) is 8.28. The molecule has 1 aromatic heterocycles. The molecule has 26 heavy (non-hydrogen) atoms. The number of amides is 3. The Balaban J connectivity index is 2.27. The quantitative estimate of drug-likeness (QED) is 0.498. The van der Waals surface area contributed by atoms with E-state index >= 15 is 0 Å². The largest absolute Gasteiger partial charge is 0.480 e. The lowest BCUT2D eigenvalue weighted by atomic mass is 10.1. The maximum atomic E-state index is 11.5. The molecule has 1 heterocycles. The van der Waals surface area contributed by atoms with Crippen LogP contribution in [0.4, 0.5) is 9.80 Å². The summed E-state index contributed by atoms with van der Waals surface area (Å²) in [6.45, 7) is 0. The van der Waals surface area contributed by atoms with Gasteiger partial charge in [-0.05, 0) is 29.7 Å². The highest BCUT2D eigenvalue weighted by molar-refractivity contribution is 7.20. The van der Waals surface area contributed by atoms with Gasteiger partial charge in [-0.1, -0.05) is 30.4 Å². The summed E-state index contributed by atoms with van der Waals surface area (Å²) in [5.41, 5.74) is 17.7. The number of primary amides is 2. The summed E-state index contributed by atoms with van der Waals surface area (Å²) < 4.78 is 0. The Morgan fingerprint density at radius 2 is 1.96 bits per heavy atom. The van der Waals surface area contributed by atoms with Gasteiger partial charge in [-0.2, -0.15) is 0 Å². The van der Waals surface area contributed by atoms with E-state index in [0.29, 0.717) is 0 Å². The molecule has 0 saturated heterocycles. The Bertz CT molecular complexity index is 875. The lowest BCUT2D eigenvalue weighted by Crippen LogP contribution is -2.29. The van der Waals surface area contributed by atoms with Gasteiger partial charge in [-0.3, -0.25) is 14.9 Å². The molecular formula is C17H18N4O4S. The average Bonchev–Trinajstić information content (AvgIpc) is 2.98. The van der Waals surface area contributed by atoms with E-state index in [9.17, 15) is 14.4 Å². The minimum Gasteiger partial charge on any atom is -0.480 e. The van der Waals surface area contributed by atoms with Gasteiger partial charge in [0, 0.05) is 4.88 Å². The van der Waals surface area contributed by atoms with E-state index in [2.05, 4.69) is 5.32 Å². The molecule has 1 atom stereocenters. The van der Waals surface area contributed by atoms with Crippen molar-refractivity contribution in [3.63, 3.8) is 0 Å². The fourth-order valence-corrected chi connectivity index (χ4v) is 3.23. The predicted molar refractivity (Wildman–Crippen MR) is 101 cm³/mol. The van der Waals surface area contributed by atoms with Crippen LogP contribution < -0.4 is 22.5 Å². The fourth-order valence-electron chi connectivity index (χ4n) is 2.17. The van der Waals surface area contributed by atoms with Gasteiger partial charge < -0.3 is 22.3 Å². The Labute approximate surface area is 153 Å². The third-order valence-electron chi connectivity index (χ3n) is 3.42. The van der Waals surface area contributed by atoms with Crippen LogP contribution in [0.5, 0.6) is 0 Å². The number of aliphatic carboxylic acids is 1. The van der Waals surface area contributed by atoms with E-state index in [-0.39, 0.29) is 17.0 Å². The highest BCUT2D eigenvalue weighted by Crippen LogP contribution is 2.35. The third kappa shape index (κ3) is 4.91. The van der Waals surface area contributed by atoms with E-state index < -0.39 is 23.9 Å². The first kappa shape index (κ1) is 19.2. The fraction of sp³-hybridized carbons (Fsp3) is 0.118. The van der Waals surface area contributed by atoms with Crippen LogP contribution in [-0.2, 0) is 4.79 Å². The molecule has 8 nitrogen and oxygen atoms in total. The van der Waals surface area contributed by atoms with Crippen LogP contribution in [0.1, 0.15) is 22.3 Å². The number of hydrogen-bond donors (Lipinski definition) is 5. The second-order valence-corrected chi connectivity index (χ2v) is 6.47. The summed E-state index contributed by atoms with van der Waals surface area (Å²) >= 11 is 1.18. The number of rotatable bonds is 7. The minimum absolute atomic E-state index is 0.178. The molecule has 3 amide bonds. The predicted octanol–water partition coefficient (Wildman–Crippen LogP) is 1.82. The van der Waals surface area contributed by atoms with E-state index in [1.807, 2.05) is 24.3 Å². The molecule has 0 fully saturated rings. The summed E-state index contributed by atoms with van der Waals surface area (Å²) in [5.74, 6) is -1.73. The normalized spacial score (nSPS) is 12.0. The van der Waals surface area contributed by atoms with Crippen LogP contribution in [0.25, 0.3) is 16.5 Å². The molecule has 0 aliphatic rings. The van der Waals surface area contributed by atoms with Crippen molar-refractivity contribution in [3.8, 4) is 10.4 Å². The topological polar surface area (TPSA) is 162 Å². The van der Waals surface area contributed by atoms with Crippen molar-refractivity contribution in [2.24, 2.45) is 17.2 Å². The van der Waals surface area contributed by atoms with Gasteiger partial charge >= 0.3 is 12.0 Å². The minimum atomic E-state index is -1.06. The Morgan fingerprint density at radius 3 is 2.58 bits per heavy atom. The molecule has 0 radical (unpaired) electrons. The van der Waals surface area contributed by atoms with Crippen LogP contribution in [-0.4, -0.2) is 29.1 Å².